The molecule has 2 aromatic rings. The summed E-state index contributed by atoms with van der Waals surface area (Å²) in [5.74, 6) is 0.801. The van der Waals surface area contributed by atoms with Crippen molar-refractivity contribution in [1.29, 1.82) is 0 Å². The average molecular weight is 476 g/mol. The highest BCUT2D eigenvalue weighted by Crippen LogP contribution is 2.22. The summed E-state index contributed by atoms with van der Waals surface area (Å²) in [5.41, 5.74) is 3.83. The van der Waals surface area contributed by atoms with E-state index in [4.69, 9.17) is 9.47 Å². The van der Waals surface area contributed by atoms with Crippen molar-refractivity contribution in [3.05, 3.63) is 52.5 Å². The Hall–Kier alpha value is -2.87. The molecule has 0 aliphatic heterocycles. The predicted octanol–water partition coefficient (Wildman–Crippen LogP) is 4.51. The molecule has 0 atom stereocenters. The first-order valence-electron chi connectivity index (χ1n) is 9.70. The van der Waals surface area contributed by atoms with E-state index in [1.807, 2.05) is 18.2 Å². The van der Waals surface area contributed by atoms with Crippen LogP contribution in [-0.2, 0) is 9.59 Å². The Morgan fingerprint density at radius 3 is 2.53 bits per heavy atom. The van der Waals surface area contributed by atoms with Gasteiger partial charge in [0.15, 0.2) is 0 Å². The summed E-state index contributed by atoms with van der Waals surface area (Å²) in [5, 5.41) is 6.72. The molecule has 2 rings (SSSR count). The fraction of sp³-hybridized carbons (Fsp3) is 0.318. The third kappa shape index (κ3) is 8.24. The van der Waals surface area contributed by atoms with Crippen LogP contribution in [0.3, 0.4) is 0 Å². The molecule has 8 heteroatoms. The summed E-state index contributed by atoms with van der Waals surface area (Å²) < 4.78 is 11.7. The van der Waals surface area contributed by atoms with E-state index >= 15 is 0 Å². The molecule has 0 bridgehead atoms. The maximum atomic E-state index is 12.0. The number of unbranched alkanes of at least 4 members (excludes halogenated alkanes) is 1. The van der Waals surface area contributed by atoms with Gasteiger partial charge >= 0.3 is 0 Å². The number of methoxy groups -OCH3 is 1. The predicted molar refractivity (Wildman–Crippen MR) is 121 cm³/mol. The Bertz CT molecular complexity index is 869. The number of amides is 2. The molecule has 0 aliphatic rings. The van der Waals surface area contributed by atoms with Crippen molar-refractivity contribution in [2.75, 3.05) is 19.0 Å². The second-order valence-corrected chi connectivity index (χ2v) is 7.37. The zero-order valence-corrected chi connectivity index (χ0v) is 18.7. The van der Waals surface area contributed by atoms with Crippen molar-refractivity contribution >= 4 is 39.6 Å². The molecule has 2 N–H and O–H groups in total. The van der Waals surface area contributed by atoms with E-state index in [-0.39, 0.29) is 24.7 Å². The summed E-state index contributed by atoms with van der Waals surface area (Å²) >= 11 is 3.42. The number of halogens is 1. The van der Waals surface area contributed by atoms with Gasteiger partial charge in [0.25, 0.3) is 0 Å². The van der Waals surface area contributed by atoms with Gasteiger partial charge in [0.1, 0.15) is 11.5 Å². The highest BCUT2D eigenvalue weighted by atomic mass is 79.9. The molecule has 0 saturated carbocycles. The summed E-state index contributed by atoms with van der Waals surface area (Å²) in [6, 6.07) is 12.6. The SMILES string of the molecule is CCCCOc1ccc(Br)cc1C=NNC(=O)CCC(=O)Nc1ccc(OC)cc1. The van der Waals surface area contributed by atoms with E-state index in [1.54, 1.807) is 31.4 Å². The minimum absolute atomic E-state index is 0.0255. The first-order chi connectivity index (χ1) is 14.5. The summed E-state index contributed by atoms with van der Waals surface area (Å²) in [4.78, 5) is 24.0. The van der Waals surface area contributed by atoms with Gasteiger partial charge in [0, 0.05) is 28.6 Å². The van der Waals surface area contributed by atoms with Crippen molar-refractivity contribution in [2.45, 2.75) is 32.6 Å². The number of rotatable bonds is 11. The van der Waals surface area contributed by atoms with Gasteiger partial charge in [-0.3, -0.25) is 9.59 Å². The van der Waals surface area contributed by atoms with Crippen LogP contribution in [0.15, 0.2) is 52.0 Å². The monoisotopic (exact) mass is 475 g/mol. The second-order valence-electron chi connectivity index (χ2n) is 6.45. The lowest BCUT2D eigenvalue weighted by Gasteiger charge is -2.09. The van der Waals surface area contributed by atoms with Crippen LogP contribution < -0.4 is 20.2 Å². The Labute approximate surface area is 185 Å². The van der Waals surface area contributed by atoms with Crippen LogP contribution in [0.5, 0.6) is 11.5 Å². The number of hydrogen-bond donors (Lipinski definition) is 2. The van der Waals surface area contributed by atoms with E-state index < -0.39 is 0 Å². The molecular formula is C22H26BrN3O4. The van der Waals surface area contributed by atoms with Gasteiger partial charge in [-0.2, -0.15) is 5.10 Å². The normalized spacial score (nSPS) is 10.6. The van der Waals surface area contributed by atoms with Crippen LogP contribution in [0.25, 0.3) is 0 Å². The molecule has 0 spiro atoms. The number of carbonyl (C=O) groups is 2. The van der Waals surface area contributed by atoms with Crippen LogP contribution in [0.2, 0.25) is 0 Å². The molecule has 0 saturated heterocycles. The Balaban J connectivity index is 1.80. The third-order valence-electron chi connectivity index (χ3n) is 4.07. The van der Waals surface area contributed by atoms with Crippen molar-refractivity contribution in [3.8, 4) is 11.5 Å². The molecule has 0 unspecified atom stereocenters. The van der Waals surface area contributed by atoms with Crippen LogP contribution in [0.4, 0.5) is 5.69 Å². The third-order valence-corrected chi connectivity index (χ3v) is 4.57. The average Bonchev–Trinajstić information content (AvgIpc) is 2.74. The molecule has 0 aliphatic carbocycles. The minimum atomic E-state index is -0.348. The van der Waals surface area contributed by atoms with Crippen molar-refractivity contribution < 1.29 is 19.1 Å². The van der Waals surface area contributed by atoms with Crippen LogP contribution in [-0.4, -0.2) is 31.7 Å². The number of hydrazone groups is 1. The number of carbonyl (C=O) groups excluding carboxylic acids is 2. The zero-order valence-electron chi connectivity index (χ0n) is 17.1. The van der Waals surface area contributed by atoms with Crippen LogP contribution in [0, 0.1) is 0 Å². The lowest BCUT2D eigenvalue weighted by Crippen LogP contribution is -2.20. The van der Waals surface area contributed by atoms with Crippen LogP contribution >= 0.6 is 15.9 Å². The molecule has 160 valence electrons. The molecule has 0 radical (unpaired) electrons. The maximum Gasteiger partial charge on any atom is 0.240 e. The summed E-state index contributed by atoms with van der Waals surface area (Å²) in [6.07, 6.45) is 3.61. The smallest absolute Gasteiger partial charge is 0.240 e. The van der Waals surface area contributed by atoms with Gasteiger partial charge < -0.3 is 14.8 Å². The van der Waals surface area contributed by atoms with E-state index in [0.29, 0.717) is 23.8 Å². The lowest BCUT2D eigenvalue weighted by molar-refractivity contribution is -0.124. The van der Waals surface area contributed by atoms with Crippen molar-refractivity contribution in [3.63, 3.8) is 0 Å². The van der Waals surface area contributed by atoms with Crippen molar-refractivity contribution in [1.82, 2.24) is 5.43 Å². The molecule has 30 heavy (non-hydrogen) atoms. The highest BCUT2D eigenvalue weighted by Gasteiger charge is 2.07. The molecule has 0 fully saturated rings. The van der Waals surface area contributed by atoms with Gasteiger partial charge in [-0.05, 0) is 48.9 Å². The van der Waals surface area contributed by atoms with Gasteiger partial charge in [0.05, 0.1) is 19.9 Å². The van der Waals surface area contributed by atoms with Gasteiger partial charge in [-0.15, -0.1) is 0 Å². The highest BCUT2D eigenvalue weighted by molar-refractivity contribution is 9.10. The van der Waals surface area contributed by atoms with E-state index in [9.17, 15) is 9.59 Å². The fourth-order valence-electron chi connectivity index (χ4n) is 2.43. The second kappa shape index (κ2) is 12.6. The molecule has 0 aromatic heterocycles. The number of nitrogens with one attached hydrogen (secondary N) is 2. The minimum Gasteiger partial charge on any atom is -0.497 e. The Morgan fingerprint density at radius 2 is 1.83 bits per heavy atom. The molecule has 2 aromatic carbocycles. The molecule has 7 nitrogen and oxygen atoms in total. The summed E-state index contributed by atoms with van der Waals surface area (Å²) in [7, 11) is 1.57. The quantitative estimate of drug-likeness (QED) is 0.284. The van der Waals surface area contributed by atoms with Gasteiger partial charge in [-0.1, -0.05) is 29.3 Å². The molecular weight excluding hydrogens is 450 g/mol. The van der Waals surface area contributed by atoms with Gasteiger partial charge in [0.2, 0.25) is 11.8 Å². The fourth-order valence-corrected chi connectivity index (χ4v) is 2.81. The Morgan fingerprint density at radius 1 is 1.10 bits per heavy atom. The topological polar surface area (TPSA) is 89.0 Å². The van der Waals surface area contributed by atoms with E-state index in [0.717, 1.165) is 22.9 Å². The molecule has 2 amide bonds. The van der Waals surface area contributed by atoms with E-state index in [1.165, 1.54) is 6.21 Å². The van der Waals surface area contributed by atoms with Crippen LogP contribution in [0.1, 0.15) is 38.2 Å². The standard InChI is InChI=1S/C22H26BrN3O4/c1-3-4-13-30-20-10-5-17(23)14-16(20)15-24-26-22(28)12-11-21(27)25-18-6-8-19(29-2)9-7-18/h5-10,14-15H,3-4,11-13H2,1-2H3,(H,25,27)(H,26,28). The number of hydrogen-bond acceptors (Lipinski definition) is 5. The first kappa shape index (κ1) is 23.4. The summed E-state index contributed by atoms with van der Waals surface area (Å²) in [6.45, 7) is 2.72. The first-order valence-corrected chi connectivity index (χ1v) is 10.5. The molecule has 0 heterocycles. The van der Waals surface area contributed by atoms with Gasteiger partial charge in [-0.25, -0.2) is 5.43 Å². The van der Waals surface area contributed by atoms with E-state index in [2.05, 4.69) is 38.7 Å². The number of ether oxygens (including phenoxy) is 2. The largest absolute Gasteiger partial charge is 0.497 e. The number of benzene rings is 2. The van der Waals surface area contributed by atoms with Crippen molar-refractivity contribution in [2.24, 2.45) is 5.10 Å². The lowest BCUT2D eigenvalue weighted by atomic mass is 10.2. The zero-order chi connectivity index (χ0) is 21.8. The maximum absolute atomic E-state index is 12.0. The Kier molecular flexibility index (Phi) is 9.86. The number of nitrogens with zero attached hydrogens (tertiary/aromatic N) is 1. The number of anilines is 1.